The fourth-order valence-corrected chi connectivity index (χ4v) is 4.94. The predicted octanol–water partition coefficient (Wildman–Crippen LogP) is 8.38. The zero-order valence-corrected chi connectivity index (χ0v) is 23.8. The number of carbonyl (C=O) groups is 2. The number of carboxylic acid groups (broad SMARTS) is 2. The second kappa shape index (κ2) is 16.0. The minimum Gasteiger partial charge on any atom is -0.493 e. The van der Waals surface area contributed by atoms with Crippen LogP contribution in [0.1, 0.15) is 68.7 Å². The second-order valence-corrected chi connectivity index (χ2v) is 10.5. The summed E-state index contributed by atoms with van der Waals surface area (Å²) in [7, 11) is 0. The monoisotopic (exact) mass is 562 g/mol. The van der Waals surface area contributed by atoms with E-state index < -0.39 is 11.9 Å². The lowest BCUT2D eigenvalue weighted by Crippen LogP contribution is -2.05. The van der Waals surface area contributed by atoms with Gasteiger partial charge in [0.05, 0.1) is 17.7 Å². The predicted molar refractivity (Wildman–Crippen MR) is 167 cm³/mol. The fourth-order valence-electron chi connectivity index (χ4n) is 4.94. The number of carboxylic acids is 2. The Morgan fingerprint density at radius 3 is 1.90 bits per heavy atom. The highest BCUT2D eigenvalue weighted by molar-refractivity contribution is 5.88. The van der Waals surface area contributed by atoms with Crippen molar-refractivity contribution in [1.82, 2.24) is 0 Å². The summed E-state index contributed by atoms with van der Waals surface area (Å²) >= 11 is 0. The van der Waals surface area contributed by atoms with Crippen molar-refractivity contribution in [3.63, 3.8) is 0 Å². The van der Waals surface area contributed by atoms with Crippen LogP contribution in [0.2, 0.25) is 0 Å². The molecule has 0 bridgehead atoms. The van der Waals surface area contributed by atoms with Gasteiger partial charge in [0.1, 0.15) is 5.75 Å². The van der Waals surface area contributed by atoms with Crippen LogP contribution in [-0.2, 0) is 19.3 Å². The molecule has 0 fully saturated rings. The summed E-state index contributed by atoms with van der Waals surface area (Å²) in [5.41, 5.74) is 5.10. The molecule has 5 nitrogen and oxygen atoms in total. The van der Waals surface area contributed by atoms with E-state index >= 15 is 0 Å². The van der Waals surface area contributed by atoms with Gasteiger partial charge >= 0.3 is 11.9 Å². The maximum Gasteiger partial charge on any atom is 0.335 e. The molecule has 4 aromatic rings. The first-order chi connectivity index (χ1) is 20.5. The van der Waals surface area contributed by atoms with Crippen LogP contribution in [0.15, 0.2) is 109 Å². The van der Waals surface area contributed by atoms with Crippen molar-refractivity contribution in [2.45, 2.75) is 44.9 Å². The van der Waals surface area contributed by atoms with Gasteiger partial charge in [0.2, 0.25) is 0 Å². The molecule has 42 heavy (non-hydrogen) atoms. The van der Waals surface area contributed by atoms with Gasteiger partial charge in [-0.3, -0.25) is 0 Å². The summed E-state index contributed by atoms with van der Waals surface area (Å²) in [5, 5.41) is 18.4. The molecule has 0 saturated heterocycles. The minimum atomic E-state index is -0.935. The highest BCUT2D eigenvalue weighted by Crippen LogP contribution is 2.24. The number of aryl methyl sites for hydroxylation is 2. The molecule has 0 aliphatic heterocycles. The third kappa shape index (κ3) is 9.77. The Labute approximate surface area is 248 Å². The summed E-state index contributed by atoms with van der Waals surface area (Å²) in [6.45, 7) is 0.672. The van der Waals surface area contributed by atoms with Crippen molar-refractivity contribution in [2.75, 3.05) is 6.61 Å². The third-order valence-electron chi connectivity index (χ3n) is 7.38. The lowest BCUT2D eigenvalue weighted by molar-refractivity contribution is 0.0686. The molecule has 0 heterocycles. The Bertz CT molecular complexity index is 1440. The van der Waals surface area contributed by atoms with Crippen LogP contribution in [0.25, 0.3) is 6.08 Å². The molecule has 0 unspecified atom stereocenters. The maximum atomic E-state index is 11.3. The largest absolute Gasteiger partial charge is 0.493 e. The van der Waals surface area contributed by atoms with Crippen LogP contribution in [0.3, 0.4) is 0 Å². The standard InChI is InChI=1S/C37H38O5/c38-36(39)33-22-16-29(17-23-33)14-15-30(27-31-19-24-34(25-20-31)37(40)41)18-21-32-12-6-7-13-35(32)42-26-8-2-5-11-28-9-3-1-4-10-28/h1,3-4,6-7,9-10,12-13,16-25,30H,2,5,8,11,14-15,26-27H2,(H,38,39)(H,40,41)/b21-18+/t30-/m0/s1. The quantitative estimate of drug-likeness (QED) is 0.134. The zero-order chi connectivity index (χ0) is 29.6. The number of para-hydroxylation sites is 1. The molecule has 0 amide bonds. The van der Waals surface area contributed by atoms with Gasteiger partial charge in [-0.1, -0.05) is 84.9 Å². The van der Waals surface area contributed by atoms with Crippen molar-refractivity contribution >= 4 is 18.0 Å². The van der Waals surface area contributed by atoms with E-state index in [0.29, 0.717) is 6.61 Å². The second-order valence-electron chi connectivity index (χ2n) is 10.5. The van der Waals surface area contributed by atoms with Crippen molar-refractivity contribution in [3.05, 3.63) is 143 Å². The fraction of sp³-hybridized carbons (Fsp3) is 0.243. The van der Waals surface area contributed by atoms with Crippen LogP contribution >= 0.6 is 0 Å². The summed E-state index contributed by atoms with van der Waals surface area (Å²) in [4.78, 5) is 22.5. The van der Waals surface area contributed by atoms with E-state index in [-0.39, 0.29) is 17.0 Å². The number of allylic oxidation sites excluding steroid dienone is 1. The Kier molecular flexibility index (Phi) is 11.5. The molecule has 2 N–H and O–H groups in total. The molecule has 4 rings (SSSR count). The van der Waals surface area contributed by atoms with E-state index in [9.17, 15) is 19.8 Å². The molecule has 1 atom stereocenters. The topological polar surface area (TPSA) is 83.8 Å². The maximum absolute atomic E-state index is 11.3. The van der Waals surface area contributed by atoms with Crippen LogP contribution in [0.4, 0.5) is 0 Å². The normalized spacial score (nSPS) is 11.8. The van der Waals surface area contributed by atoms with Crippen molar-refractivity contribution in [2.24, 2.45) is 5.92 Å². The first-order valence-corrected chi connectivity index (χ1v) is 14.6. The van der Waals surface area contributed by atoms with Crippen molar-refractivity contribution in [1.29, 1.82) is 0 Å². The van der Waals surface area contributed by atoms with Crippen LogP contribution in [-0.4, -0.2) is 28.8 Å². The number of rotatable bonds is 16. The van der Waals surface area contributed by atoms with Gasteiger partial charge in [-0.25, -0.2) is 9.59 Å². The van der Waals surface area contributed by atoms with Gasteiger partial charge in [0.25, 0.3) is 0 Å². The Morgan fingerprint density at radius 1 is 0.643 bits per heavy atom. The number of benzene rings is 4. The first kappa shape index (κ1) is 30.3. The molecule has 0 radical (unpaired) electrons. The summed E-state index contributed by atoms with van der Waals surface area (Å²) in [5.74, 6) is -0.813. The van der Waals surface area contributed by atoms with Crippen molar-refractivity contribution in [3.8, 4) is 5.75 Å². The van der Waals surface area contributed by atoms with Crippen LogP contribution in [0, 0.1) is 5.92 Å². The Morgan fingerprint density at radius 2 is 1.24 bits per heavy atom. The number of hydrogen-bond donors (Lipinski definition) is 2. The SMILES string of the molecule is O=C(O)c1ccc(CC[C@@H](/C=C/c2ccccc2OCCCCCc2ccccc2)Cc2ccc(C(=O)O)cc2)cc1. The molecule has 0 aliphatic carbocycles. The van der Waals surface area contributed by atoms with Gasteiger partial charge in [-0.2, -0.15) is 0 Å². The van der Waals surface area contributed by atoms with Crippen molar-refractivity contribution < 1.29 is 24.5 Å². The first-order valence-electron chi connectivity index (χ1n) is 14.6. The lowest BCUT2D eigenvalue weighted by atomic mass is 9.91. The Balaban J connectivity index is 1.38. The molecule has 0 aromatic heterocycles. The van der Waals surface area contributed by atoms with E-state index in [1.165, 1.54) is 5.56 Å². The van der Waals surface area contributed by atoms with E-state index in [1.54, 1.807) is 24.3 Å². The summed E-state index contributed by atoms with van der Waals surface area (Å²) in [6, 6.07) is 32.7. The summed E-state index contributed by atoms with van der Waals surface area (Å²) in [6.07, 6.45) is 11.1. The van der Waals surface area contributed by atoms with E-state index in [1.807, 2.05) is 48.5 Å². The Hall–Kier alpha value is -4.64. The molecule has 216 valence electrons. The number of aromatic carboxylic acids is 2. The van der Waals surface area contributed by atoms with Gasteiger partial charge in [0, 0.05) is 5.56 Å². The molecular weight excluding hydrogens is 524 g/mol. The molecule has 5 heteroatoms. The van der Waals surface area contributed by atoms with Crippen LogP contribution in [0.5, 0.6) is 5.75 Å². The molecular formula is C37H38O5. The highest BCUT2D eigenvalue weighted by atomic mass is 16.5. The molecule has 4 aromatic carbocycles. The number of hydrogen-bond acceptors (Lipinski definition) is 3. The van der Waals surface area contributed by atoms with Gasteiger partial charge in [-0.05, 0) is 97.9 Å². The van der Waals surface area contributed by atoms with Gasteiger partial charge in [0.15, 0.2) is 0 Å². The average Bonchev–Trinajstić information content (AvgIpc) is 3.01. The van der Waals surface area contributed by atoms with E-state index in [0.717, 1.165) is 67.4 Å². The lowest BCUT2D eigenvalue weighted by Gasteiger charge is -2.15. The molecule has 0 saturated carbocycles. The number of ether oxygens (including phenoxy) is 1. The van der Waals surface area contributed by atoms with Crippen LogP contribution < -0.4 is 4.74 Å². The average molecular weight is 563 g/mol. The number of unbranched alkanes of at least 4 members (excludes halogenated alkanes) is 2. The smallest absolute Gasteiger partial charge is 0.335 e. The molecule has 0 spiro atoms. The van der Waals surface area contributed by atoms with Gasteiger partial charge < -0.3 is 14.9 Å². The zero-order valence-electron chi connectivity index (χ0n) is 23.8. The molecule has 0 aliphatic rings. The van der Waals surface area contributed by atoms with E-state index in [2.05, 4.69) is 42.5 Å². The highest BCUT2D eigenvalue weighted by Gasteiger charge is 2.11. The third-order valence-corrected chi connectivity index (χ3v) is 7.38. The summed E-state index contributed by atoms with van der Waals surface area (Å²) < 4.78 is 6.18. The van der Waals surface area contributed by atoms with Gasteiger partial charge in [-0.15, -0.1) is 0 Å². The minimum absolute atomic E-state index is 0.186. The van der Waals surface area contributed by atoms with E-state index in [4.69, 9.17) is 4.74 Å².